The zero-order valence-corrected chi connectivity index (χ0v) is 13.0. The summed E-state index contributed by atoms with van der Waals surface area (Å²) < 4.78 is 5.71. The van der Waals surface area contributed by atoms with Crippen LogP contribution in [0.3, 0.4) is 0 Å². The average Bonchev–Trinajstić information content (AvgIpc) is 3.13. The van der Waals surface area contributed by atoms with E-state index in [4.69, 9.17) is 4.74 Å². The molecule has 1 aliphatic rings. The van der Waals surface area contributed by atoms with Gasteiger partial charge in [0.15, 0.2) is 0 Å². The van der Waals surface area contributed by atoms with Crippen LogP contribution in [0.1, 0.15) is 41.6 Å². The molecule has 0 aliphatic heterocycles. The van der Waals surface area contributed by atoms with Crippen LogP contribution in [0, 0.1) is 0 Å². The van der Waals surface area contributed by atoms with Gasteiger partial charge in [-0.3, -0.25) is 4.79 Å². The van der Waals surface area contributed by atoms with Crippen molar-refractivity contribution < 1.29 is 9.53 Å². The maximum atomic E-state index is 12.0. The lowest BCUT2D eigenvalue weighted by atomic mass is 10.2. The lowest BCUT2D eigenvalue weighted by Gasteiger charge is -2.07. The van der Waals surface area contributed by atoms with E-state index in [1.54, 1.807) is 24.3 Å². The topological polar surface area (TPSA) is 50.7 Å². The standard InChI is InChI=1S/C19H20N2O2/c22-19(21-20-17-8-4-5-9-17)16-10-12-18(13-11-16)23-14-15-6-2-1-3-7-15/h1-3,6-7,10-13H,4-5,8-9,14H2,(H,21,22). The largest absolute Gasteiger partial charge is 0.489 e. The normalized spacial score (nSPS) is 13.7. The van der Waals surface area contributed by atoms with Crippen LogP contribution in [0.25, 0.3) is 0 Å². The van der Waals surface area contributed by atoms with Gasteiger partial charge >= 0.3 is 0 Å². The van der Waals surface area contributed by atoms with Gasteiger partial charge in [-0.05, 0) is 55.5 Å². The third kappa shape index (κ3) is 4.42. The number of hydrazone groups is 1. The van der Waals surface area contributed by atoms with Crippen molar-refractivity contribution in [1.82, 2.24) is 5.43 Å². The SMILES string of the molecule is O=C(NN=C1CCCC1)c1ccc(OCc2ccccc2)cc1. The summed E-state index contributed by atoms with van der Waals surface area (Å²) in [5.74, 6) is 0.562. The van der Waals surface area contributed by atoms with Gasteiger partial charge in [0.05, 0.1) is 0 Å². The summed E-state index contributed by atoms with van der Waals surface area (Å²) in [6.07, 6.45) is 4.32. The lowest BCUT2D eigenvalue weighted by Crippen LogP contribution is -2.18. The minimum absolute atomic E-state index is 0.181. The molecule has 0 aromatic heterocycles. The Morgan fingerprint density at radius 2 is 1.70 bits per heavy atom. The molecule has 0 heterocycles. The zero-order valence-electron chi connectivity index (χ0n) is 13.0. The third-order valence-corrected chi connectivity index (χ3v) is 3.86. The van der Waals surface area contributed by atoms with Crippen LogP contribution in [0.2, 0.25) is 0 Å². The average molecular weight is 308 g/mol. The van der Waals surface area contributed by atoms with E-state index in [1.807, 2.05) is 30.3 Å². The van der Waals surface area contributed by atoms with Gasteiger partial charge < -0.3 is 4.74 Å². The van der Waals surface area contributed by atoms with Crippen molar-refractivity contribution in [3.63, 3.8) is 0 Å². The molecule has 0 saturated heterocycles. The van der Waals surface area contributed by atoms with Crippen molar-refractivity contribution >= 4 is 11.6 Å². The summed E-state index contributed by atoms with van der Waals surface area (Å²) in [4.78, 5) is 12.0. The lowest BCUT2D eigenvalue weighted by molar-refractivity contribution is 0.0954. The van der Waals surface area contributed by atoms with Crippen LogP contribution in [0.4, 0.5) is 0 Å². The highest BCUT2D eigenvalue weighted by Gasteiger charge is 2.10. The highest BCUT2D eigenvalue weighted by molar-refractivity contribution is 5.95. The zero-order chi connectivity index (χ0) is 15.9. The van der Waals surface area contributed by atoms with E-state index in [2.05, 4.69) is 10.5 Å². The van der Waals surface area contributed by atoms with E-state index in [-0.39, 0.29) is 5.91 Å². The molecule has 1 aliphatic carbocycles. The summed E-state index contributed by atoms with van der Waals surface area (Å²) >= 11 is 0. The van der Waals surface area contributed by atoms with Crippen LogP contribution >= 0.6 is 0 Å². The molecule has 0 unspecified atom stereocenters. The Bertz CT molecular complexity index is 670. The van der Waals surface area contributed by atoms with Crippen molar-refractivity contribution in [3.8, 4) is 5.75 Å². The van der Waals surface area contributed by atoms with E-state index < -0.39 is 0 Å². The minimum atomic E-state index is -0.181. The fraction of sp³-hybridized carbons (Fsp3) is 0.263. The van der Waals surface area contributed by atoms with E-state index in [0.717, 1.165) is 29.9 Å². The molecule has 118 valence electrons. The summed E-state index contributed by atoms with van der Waals surface area (Å²) in [6.45, 7) is 0.514. The molecule has 2 aromatic rings. The Labute approximate surface area is 136 Å². The number of rotatable bonds is 5. The molecule has 23 heavy (non-hydrogen) atoms. The van der Waals surface area contributed by atoms with Gasteiger partial charge in [0.25, 0.3) is 5.91 Å². The Kier molecular flexibility index (Phi) is 5.04. The second kappa shape index (κ2) is 7.58. The second-order valence-corrected chi connectivity index (χ2v) is 5.62. The van der Waals surface area contributed by atoms with Crippen molar-refractivity contribution in [2.24, 2.45) is 5.10 Å². The van der Waals surface area contributed by atoms with Gasteiger partial charge in [-0.2, -0.15) is 5.10 Å². The number of hydrogen-bond donors (Lipinski definition) is 1. The number of nitrogens with one attached hydrogen (secondary N) is 1. The van der Waals surface area contributed by atoms with E-state index in [0.29, 0.717) is 12.2 Å². The molecule has 1 fully saturated rings. The van der Waals surface area contributed by atoms with Gasteiger partial charge in [-0.25, -0.2) is 5.43 Å². The molecule has 0 spiro atoms. The number of nitrogens with zero attached hydrogens (tertiary/aromatic N) is 1. The molecule has 4 heteroatoms. The predicted molar refractivity (Wildman–Crippen MR) is 90.6 cm³/mol. The smallest absolute Gasteiger partial charge is 0.271 e. The fourth-order valence-electron chi connectivity index (χ4n) is 2.53. The van der Waals surface area contributed by atoms with Crippen LogP contribution in [-0.4, -0.2) is 11.6 Å². The molecular weight excluding hydrogens is 288 g/mol. The fourth-order valence-corrected chi connectivity index (χ4v) is 2.53. The Balaban J connectivity index is 1.54. The summed E-state index contributed by atoms with van der Waals surface area (Å²) in [6, 6.07) is 17.1. The summed E-state index contributed by atoms with van der Waals surface area (Å²) in [5, 5.41) is 4.18. The number of carbonyl (C=O) groups excluding carboxylic acids is 1. The maximum Gasteiger partial charge on any atom is 0.271 e. The van der Waals surface area contributed by atoms with Crippen molar-refractivity contribution in [3.05, 3.63) is 65.7 Å². The van der Waals surface area contributed by atoms with Gasteiger partial charge in [0, 0.05) is 11.3 Å². The van der Waals surface area contributed by atoms with E-state index in [1.165, 1.54) is 12.8 Å². The van der Waals surface area contributed by atoms with Crippen LogP contribution in [0.15, 0.2) is 59.7 Å². The van der Waals surface area contributed by atoms with Crippen molar-refractivity contribution in [2.75, 3.05) is 0 Å². The molecule has 0 atom stereocenters. The van der Waals surface area contributed by atoms with Gasteiger partial charge in [0.2, 0.25) is 0 Å². The summed E-state index contributed by atoms with van der Waals surface area (Å²) in [7, 11) is 0. The molecule has 0 bridgehead atoms. The number of hydrogen-bond acceptors (Lipinski definition) is 3. The summed E-state index contributed by atoms with van der Waals surface area (Å²) in [5.41, 5.74) is 5.41. The van der Waals surface area contributed by atoms with Gasteiger partial charge in [-0.15, -0.1) is 0 Å². The third-order valence-electron chi connectivity index (χ3n) is 3.86. The Hall–Kier alpha value is -2.62. The number of ether oxygens (including phenoxy) is 1. The molecule has 3 rings (SSSR count). The Morgan fingerprint density at radius 1 is 1.00 bits per heavy atom. The number of benzene rings is 2. The van der Waals surface area contributed by atoms with E-state index in [9.17, 15) is 4.79 Å². The van der Waals surface area contributed by atoms with Crippen LogP contribution < -0.4 is 10.2 Å². The predicted octanol–water partition coefficient (Wildman–Crippen LogP) is 3.93. The maximum absolute atomic E-state index is 12.0. The molecule has 1 N–H and O–H groups in total. The first-order chi connectivity index (χ1) is 11.3. The van der Waals surface area contributed by atoms with Gasteiger partial charge in [-0.1, -0.05) is 30.3 Å². The molecule has 1 amide bonds. The quantitative estimate of drug-likeness (QED) is 0.851. The molecule has 0 radical (unpaired) electrons. The monoisotopic (exact) mass is 308 g/mol. The first-order valence-electron chi connectivity index (χ1n) is 7.94. The first-order valence-corrected chi connectivity index (χ1v) is 7.94. The van der Waals surface area contributed by atoms with E-state index >= 15 is 0 Å². The molecule has 2 aromatic carbocycles. The Morgan fingerprint density at radius 3 is 2.39 bits per heavy atom. The molecular formula is C19H20N2O2. The highest BCUT2D eigenvalue weighted by atomic mass is 16.5. The minimum Gasteiger partial charge on any atom is -0.489 e. The first kappa shape index (κ1) is 15.3. The van der Waals surface area contributed by atoms with Crippen molar-refractivity contribution in [2.45, 2.75) is 32.3 Å². The second-order valence-electron chi connectivity index (χ2n) is 5.62. The van der Waals surface area contributed by atoms with Crippen LogP contribution in [-0.2, 0) is 6.61 Å². The van der Waals surface area contributed by atoms with Crippen LogP contribution in [0.5, 0.6) is 5.75 Å². The highest BCUT2D eigenvalue weighted by Crippen LogP contribution is 2.15. The van der Waals surface area contributed by atoms with Crippen molar-refractivity contribution in [1.29, 1.82) is 0 Å². The molecule has 4 nitrogen and oxygen atoms in total. The number of amides is 1. The number of carbonyl (C=O) groups is 1. The van der Waals surface area contributed by atoms with Gasteiger partial charge in [0.1, 0.15) is 12.4 Å². The molecule has 1 saturated carbocycles.